The number of esters is 1. The summed E-state index contributed by atoms with van der Waals surface area (Å²) in [4.78, 5) is 26.4. The minimum atomic E-state index is -0.534. The smallest absolute Gasteiger partial charge is 0.337 e. The number of hydrogen-bond acceptors (Lipinski definition) is 6. The molecule has 1 aromatic rings. The van der Waals surface area contributed by atoms with E-state index in [0.29, 0.717) is 29.1 Å². The van der Waals surface area contributed by atoms with Crippen LogP contribution in [-0.4, -0.2) is 32.1 Å². The zero-order valence-corrected chi connectivity index (χ0v) is 17.9. The van der Waals surface area contributed by atoms with Gasteiger partial charge >= 0.3 is 5.97 Å². The van der Waals surface area contributed by atoms with Crippen LogP contribution in [0.3, 0.4) is 0 Å². The van der Waals surface area contributed by atoms with Gasteiger partial charge in [0, 0.05) is 29.0 Å². The molecule has 1 aliphatic heterocycles. The fourth-order valence-corrected chi connectivity index (χ4v) is 4.93. The summed E-state index contributed by atoms with van der Waals surface area (Å²) in [6.45, 7) is 1.88. The molecule has 0 radical (unpaired) electrons. The monoisotopic (exact) mass is 411 g/mol. The molecule has 6 heteroatoms. The maximum absolute atomic E-state index is 13.4. The second-order valence-corrected chi connectivity index (χ2v) is 8.16. The minimum Gasteiger partial charge on any atom is -0.493 e. The van der Waals surface area contributed by atoms with Crippen molar-refractivity contribution in [2.24, 2.45) is 0 Å². The molecule has 0 unspecified atom stereocenters. The number of carbonyl (C=O) groups is 2. The topological polar surface area (TPSA) is 73.9 Å². The highest BCUT2D eigenvalue weighted by atomic mass is 16.5. The molecule has 6 nitrogen and oxygen atoms in total. The van der Waals surface area contributed by atoms with E-state index in [1.807, 2.05) is 25.1 Å². The first-order valence-corrected chi connectivity index (χ1v) is 10.7. The molecule has 0 amide bonds. The molecule has 4 rings (SSSR count). The van der Waals surface area contributed by atoms with Crippen molar-refractivity contribution < 1.29 is 23.8 Å². The average molecular weight is 411 g/mol. The van der Waals surface area contributed by atoms with Crippen molar-refractivity contribution in [1.29, 1.82) is 0 Å². The van der Waals surface area contributed by atoms with Gasteiger partial charge in [-0.05, 0) is 51.5 Å². The number of carbonyl (C=O) groups excluding carboxylic acids is 2. The normalized spacial score (nSPS) is 22.0. The van der Waals surface area contributed by atoms with E-state index < -0.39 is 5.92 Å². The Bertz CT molecular complexity index is 924. The van der Waals surface area contributed by atoms with Gasteiger partial charge in [0.15, 0.2) is 17.3 Å². The van der Waals surface area contributed by atoms with Crippen LogP contribution in [0, 0.1) is 0 Å². The second-order valence-electron chi connectivity index (χ2n) is 8.16. The molecule has 1 saturated carbocycles. The van der Waals surface area contributed by atoms with Crippen LogP contribution in [0.1, 0.15) is 63.4 Å². The molecule has 160 valence electrons. The van der Waals surface area contributed by atoms with Crippen LogP contribution in [0.4, 0.5) is 0 Å². The third-order valence-electron chi connectivity index (χ3n) is 6.32. The predicted molar refractivity (Wildman–Crippen MR) is 112 cm³/mol. The standard InChI is InChI=1S/C24H29NO5/c1-14-20(24(27)30-15-8-4-5-9-15)21(22-17(25-14)11-7-12-18(22)26)16-10-6-13-19(28-2)23(16)29-3/h6,10,13,15,21,25H,4-5,7-9,11-12H2,1-3H3/t21-/m0/s1. The first kappa shape index (κ1) is 20.5. The van der Waals surface area contributed by atoms with Gasteiger partial charge in [0.25, 0.3) is 0 Å². The third-order valence-corrected chi connectivity index (χ3v) is 6.32. The van der Waals surface area contributed by atoms with Crippen LogP contribution in [0.15, 0.2) is 40.7 Å². The van der Waals surface area contributed by atoms with Crippen molar-refractivity contribution in [3.05, 3.63) is 46.3 Å². The molecule has 1 fully saturated rings. The number of benzene rings is 1. The third kappa shape index (κ3) is 3.59. The van der Waals surface area contributed by atoms with E-state index >= 15 is 0 Å². The molecule has 1 aromatic carbocycles. The Hall–Kier alpha value is -2.76. The molecule has 30 heavy (non-hydrogen) atoms. The van der Waals surface area contributed by atoms with Crippen LogP contribution in [0.25, 0.3) is 0 Å². The first-order chi connectivity index (χ1) is 14.5. The van der Waals surface area contributed by atoms with Gasteiger partial charge in [0.1, 0.15) is 6.10 Å². The molecule has 1 heterocycles. The Kier molecular flexibility index (Phi) is 5.84. The number of rotatable bonds is 5. The Balaban J connectivity index is 1.84. The van der Waals surface area contributed by atoms with Gasteiger partial charge in [-0.1, -0.05) is 12.1 Å². The Morgan fingerprint density at radius 1 is 1.07 bits per heavy atom. The Labute approximate surface area is 177 Å². The quantitative estimate of drug-likeness (QED) is 0.734. The fourth-order valence-electron chi connectivity index (χ4n) is 4.93. The first-order valence-electron chi connectivity index (χ1n) is 10.7. The zero-order chi connectivity index (χ0) is 21.3. The minimum absolute atomic E-state index is 0.0527. The summed E-state index contributed by atoms with van der Waals surface area (Å²) in [6, 6.07) is 5.58. The van der Waals surface area contributed by atoms with Crippen molar-refractivity contribution >= 4 is 11.8 Å². The largest absolute Gasteiger partial charge is 0.493 e. The highest BCUT2D eigenvalue weighted by Gasteiger charge is 2.41. The van der Waals surface area contributed by atoms with Gasteiger partial charge < -0.3 is 19.5 Å². The number of ether oxygens (including phenoxy) is 3. The second kappa shape index (κ2) is 8.54. The number of nitrogens with one attached hydrogen (secondary N) is 1. The summed E-state index contributed by atoms with van der Waals surface area (Å²) >= 11 is 0. The van der Waals surface area contributed by atoms with Crippen molar-refractivity contribution in [3.8, 4) is 11.5 Å². The maximum atomic E-state index is 13.4. The van der Waals surface area contributed by atoms with Crippen LogP contribution in [-0.2, 0) is 14.3 Å². The lowest BCUT2D eigenvalue weighted by Gasteiger charge is -2.35. The van der Waals surface area contributed by atoms with Gasteiger partial charge in [0.05, 0.1) is 25.7 Å². The summed E-state index contributed by atoms with van der Waals surface area (Å²) in [5.41, 5.74) is 3.52. The molecular weight excluding hydrogens is 382 g/mol. The van der Waals surface area contributed by atoms with Gasteiger partial charge in [-0.25, -0.2) is 4.79 Å². The maximum Gasteiger partial charge on any atom is 0.337 e. The van der Waals surface area contributed by atoms with E-state index in [-0.39, 0.29) is 17.9 Å². The number of allylic oxidation sites excluding steroid dienone is 3. The van der Waals surface area contributed by atoms with Crippen molar-refractivity contribution in [1.82, 2.24) is 5.32 Å². The molecule has 2 aliphatic carbocycles. The molecule has 1 N–H and O–H groups in total. The summed E-state index contributed by atoms with van der Waals surface area (Å²) < 4.78 is 17.0. The number of hydrogen-bond donors (Lipinski definition) is 1. The highest BCUT2D eigenvalue weighted by Crippen LogP contribution is 2.47. The Morgan fingerprint density at radius 2 is 1.83 bits per heavy atom. The fraction of sp³-hybridized carbons (Fsp3) is 0.500. The molecule has 0 spiro atoms. The molecule has 0 bridgehead atoms. The number of para-hydroxylation sites is 1. The molecule has 0 saturated heterocycles. The van der Waals surface area contributed by atoms with Crippen LogP contribution >= 0.6 is 0 Å². The molecule has 3 aliphatic rings. The summed E-state index contributed by atoms with van der Waals surface area (Å²) in [5, 5.41) is 3.34. The van der Waals surface area contributed by atoms with Gasteiger partial charge in [-0.15, -0.1) is 0 Å². The van der Waals surface area contributed by atoms with E-state index in [0.717, 1.165) is 55.5 Å². The molecule has 1 atom stereocenters. The summed E-state index contributed by atoms with van der Waals surface area (Å²) in [6.07, 6.45) is 5.96. The van der Waals surface area contributed by atoms with Gasteiger partial charge in [0.2, 0.25) is 0 Å². The summed E-state index contributed by atoms with van der Waals surface area (Å²) in [5.74, 6) is 0.285. The number of dihydropyridines is 1. The number of methoxy groups -OCH3 is 2. The van der Waals surface area contributed by atoms with Crippen molar-refractivity contribution in [3.63, 3.8) is 0 Å². The number of Topliss-reactive ketones (excluding diaryl/α,β-unsaturated/α-hetero) is 1. The molecule has 0 aromatic heterocycles. The van der Waals surface area contributed by atoms with E-state index in [2.05, 4.69) is 5.32 Å². The Morgan fingerprint density at radius 3 is 2.53 bits per heavy atom. The predicted octanol–water partition coefficient (Wildman–Crippen LogP) is 4.16. The van der Waals surface area contributed by atoms with E-state index in [1.165, 1.54) is 0 Å². The molecular formula is C24H29NO5. The van der Waals surface area contributed by atoms with Crippen molar-refractivity contribution in [2.45, 2.75) is 63.9 Å². The van der Waals surface area contributed by atoms with E-state index in [9.17, 15) is 9.59 Å². The highest BCUT2D eigenvalue weighted by molar-refractivity contribution is 6.04. The van der Waals surface area contributed by atoms with Crippen LogP contribution in [0.5, 0.6) is 11.5 Å². The lowest BCUT2D eigenvalue weighted by Crippen LogP contribution is -2.35. The lowest BCUT2D eigenvalue weighted by atomic mass is 9.75. The lowest BCUT2D eigenvalue weighted by molar-refractivity contribution is -0.144. The van der Waals surface area contributed by atoms with Gasteiger partial charge in [-0.3, -0.25) is 4.79 Å². The van der Waals surface area contributed by atoms with Gasteiger partial charge in [-0.2, -0.15) is 0 Å². The SMILES string of the molecule is COc1cccc([C@H]2C(C(=O)OC3CCCC3)=C(C)NC3=C2C(=O)CCC3)c1OC. The van der Waals surface area contributed by atoms with Crippen molar-refractivity contribution in [2.75, 3.05) is 14.2 Å². The zero-order valence-electron chi connectivity index (χ0n) is 17.9. The number of ketones is 1. The van der Waals surface area contributed by atoms with E-state index in [4.69, 9.17) is 14.2 Å². The van der Waals surface area contributed by atoms with E-state index in [1.54, 1.807) is 14.2 Å². The summed E-state index contributed by atoms with van der Waals surface area (Å²) in [7, 11) is 3.16. The van der Waals surface area contributed by atoms with Crippen LogP contribution in [0.2, 0.25) is 0 Å². The van der Waals surface area contributed by atoms with Crippen LogP contribution < -0.4 is 14.8 Å². The average Bonchev–Trinajstić information content (AvgIpc) is 3.25.